The van der Waals surface area contributed by atoms with Gasteiger partial charge in [0.05, 0.1) is 5.69 Å². The highest BCUT2D eigenvalue weighted by atomic mass is 16.1. The summed E-state index contributed by atoms with van der Waals surface area (Å²) in [5, 5.41) is 0. The normalized spacial score (nSPS) is 23.8. The minimum Gasteiger partial charge on any atom is -0.341 e. The van der Waals surface area contributed by atoms with Crippen molar-refractivity contribution in [1.82, 2.24) is 9.97 Å². The lowest BCUT2D eigenvalue weighted by atomic mass is 10.1. The van der Waals surface area contributed by atoms with Crippen LogP contribution in [0.1, 0.15) is 30.5 Å². The van der Waals surface area contributed by atoms with Gasteiger partial charge in [-0.1, -0.05) is 0 Å². The number of nitrogens with one attached hydrogen (secondary N) is 1. The number of hydrogen-bond donors (Lipinski definition) is 2. The van der Waals surface area contributed by atoms with Gasteiger partial charge >= 0.3 is 0 Å². The van der Waals surface area contributed by atoms with Crippen LogP contribution in [0.2, 0.25) is 0 Å². The Kier molecular flexibility index (Phi) is 2.63. The largest absolute Gasteiger partial charge is 0.341 e. The zero-order chi connectivity index (χ0) is 11.8. The minimum atomic E-state index is 0.0432. The standard InChI is InChI=1S/C12H18N4O/c13-8-3-2-6-16(7-8)12-14-10-5-1-4-9(10)11(17)15-12/h8H,1-7,13H2,(H,14,15,17)/t8-/m1/s1. The minimum absolute atomic E-state index is 0.0432. The summed E-state index contributed by atoms with van der Waals surface area (Å²) in [5.74, 6) is 0.714. The maximum atomic E-state index is 11.9. The van der Waals surface area contributed by atoms with E-state index in [0.29, 0.717) is 5.95 Å². The number of anilines is 1. The third-order valence-corrected chi connectivity index (χ3v) is 3.69. The molecule has 0 aromatic carbocycles. The van der Waals surface area contributed by atoms with Crippen molar-refractivity contribution in [3.05, 3.63) is 21.6 Å². The second kappa shape index (κ2) is 4.14. The lowest BCUT2D eigenvalue weighted by Crippen LogP contribution is -2.44. The van der Waals surface area contributed by atoms with Gasteiger partial charge < -0.3 is 10.6 Å². The van der Waals surface area contributed by atoms with Crippen LogP contribution in [0.5, 0.6) is 0 Å². The van der Waals surface area contributed by atoms with Crippen molar-refractivity contribution in [2.45, 2.75) is 38.1 Å². The average molecular weight is 234 g/mol. The van der Waals surface area contributed by atoms with E-state index in [2.05, 4.69) is 14.9 Å². The number of aromatic amines is 1. The van der Waals surface area contributed by atoms with E-state index < -0.39 is 0 Å². The Balaban J connectivity index is 1.93. The van der Waals surface area contributed by atoms with E-state index in [4.69, 9.17) is 5.73 Å². The molecule has 1 aliphatic carbocycles. The van der Waals surface area contributed by atoms with Crippen LogP contribution in [0.15, 0.2) is 4.79 Å². The highest BCUT2D eigenvalue weighted by Crippen LogP contribution is 2.20. The third kappa shape index (κ3) is 1.95. The van der Waals surface area contributed by atoms with Gasteiger partial charge in [-0.3, -0.25) is 9.78 Å². The third-order valence-electron chi connectivity index (χ3n) is 3.69. The maximum absolute atomic E-state index is 11.9. The Morgan fingerprint density at radius 3 is 3.06 bits per heavy atom. The molecule has 0 radical (unpaired) electrons. The first-order valence-corrected chi connectivity index (χ1v) is 6.36. The number of aromatic nitrogens is 2. The Morgan fingerprint density at radius 2 is 2.24 bits per heavy atom. The van der Waals surface area contributed by atoms with Crippen LogP contribution in [0.25, 0.3) is 0 Å². The van der Waals surface area contributed by atoms with Crippen molar-refractivity contribution in [2.24, 2.45) is 5.73 Å². The van der Waals surface area contributed by atoms with E-state index in [1.54, 1.807) is 0 Å². The molecule has 5 heteroatoms. The fourth-order valence-corrected chi connectivity index (χ4v) is 2.78. The van der Waals surface area contributed by atoms with Gasteiger partial charge in [-0.2, -0.15) is 0 Å². The van der Waals surface area contributed by atoms with Gasteiger partial charge in [0.25, 0.3) is 5.56 Å². The number of aryl methyl sites for hydroxylation is 1. The van der Waals surface area contributed by atoms with Crippen LogP contribution in [0.4, 0.5) is 5.95 Å². The number of piperidine rings is 1. The number of H-pyrrole nitrogens is 1. The summed E-state index contributed by atoms with van der Waals surface area (Å²) in [6, 6.07) is 0.197. The quantitative estimate of drug-likeness (QED) is 0.727. The van der Waals surface area contributed by atoms with Gasteiger partial charge in [0, 0.05) is 24.7 Å². The topological polar surface area (TPSA) is 75.0 Å². The van der Waals surface area contributed by atoms with Crippen molar-refractivity contribution in [2.75, 3.05) is 18.0 Å². The van der Waals surface area contributed by atoms with Crippen molar-refractivity contribution in [1.29, 1.82) is 0 Å². The SMILES string of the molecule is N[C@@H]1CCCN(c2nc3c(c(=O)[nH]2)CCC3)C1. The molecule has 3 rings (SSSR count). The molecule has 0 amide bonds. The van der Waals surface area contributed by atoms with Crippen LogP contribution in [-0.2, 0) is 12.8 Å². The lowest BCUT2D eigenvalue weighted by molar-refractivity contribution is 0.499. The Morgan fingerprint density at radius 1 is 1.35 bits per heavy atom. The molecule has 0 bridgehead atoms. The van der Waals surface area contributed by atoms with E-state index in [-0.39, 0.29) is 11.6 Å². The summed E-state index contributed by atoms with van der Waals surface area (Å²) in [6.07, 6.45) is 4.99. The molecule has 0 saturated carbocycles. The maximum Gasteiger partial charge on any atom is 0.255 e. The van der Waals surface area contributed by atoms with Crippen molar-refractivity contribution in [3.8, 4) is 0 Å². The molecule has 0 unspecified atom stereocenters. The van der Waals surface area contributed by atoms with Crippen LogP contribution in [0.3, 0.4) is 0 Å². The van der Waals surface area contributed by atoms with Crippen LogP contribution < -0.4 is 16.2 Å². The molecular weight excluding hydrogens is 216 g/mol. The van der Waals surface area contributed by atoms with Crippen LogP contribution in [-0.4, -0.2) is 29.1 Å². The zero-order valence-corrected chi connectivity index (χ0v) is 9.91. The Bertz CT molecular complexity index is 482. The van der Waals surface area contributed by atoms with Gasteiger partial charge in [0.1, 0.15) is 0 Å². The van der Waals surface area contributed by atoms with Crippen LogP contribution >= 0.6 is 0 Å². The molecule has 3 N–H and O–H groups in total. The van der Waals surface area contributed by atoms with E-state index in [0.717, 1.165) is 56.5 Å². The van der Waals surface area contributed by atoms with Gasteiger partial charge in [-0.25, -0.2) is 4.98 Å². The first kappa shape index (κ1) is 10.8. The highest BCUT2D eigenvalue weighted by Gasteiger charge is 2.22. The molecule has 2 heterocycles. The van der Waals surface area contributed by atoms with E-state index in [9.17, 15) is 4.79 Å². The molecular formula is C12H18N4O. The first-order chi connectivity index (χ1) is 8.24. The number of fused-ring (bicyclic) bond motifs is 1. The molecule has 0 spiro atoms. The first-order valence-electron chi connectivity index (χ1n) is 6.36. The average Bonchev–Trinajstić information content (AvgIpc) is 2.77. The van der Waals surface area contributed by atoms with Crippen molar-refractivity contribution in [3.63, 3.8) is 0 Å². The predicted molar refractivity (Wildman–Crippen MR) is 66.3 cm³/mol. The molecule has 1 saturated heterocycles. The summed E-state index contributed by atoms with van der Waals surface area (Å²) in [4.78, 5) is 21.5. The summed E-state index contributed by atoms with van der Waals surface area (Å²) >= 11 is 0. The number of hydrogen-bond acceptors (Lipinski definition) is 4. The Hall–Kier alpha value is -1.36. The molecule has 1 fully saturated rings. The van der Waals surface area contributed by atoms with Gasteiger partial charge in [0.15, 0.2) is 0 Å². The number of nitrogens with two attached hydrogens (primary N) is 1. The molecule has 92 valence electrons. The second-order valence-electron chi connectivity index (χ2n) is 5.02. The van der Waals surface area contributed by atoms with E-state index in [1.165, 1.54) is 0 Å². The van der Waals surface area contributed by atoms with Crippen molar-refractivity contribution < 1.29 is 0 Å². The zero-order valence-electron chi connectivity index (χ0n) is 9.91. The second-order valence-corrected chi connectivity index (χ2v) is 5.02. The fourth-order valence-electron chi connectivity index (χ4n) is 2.78. The van der Waals surface area contributed by atoms with Gasteiger partial charge in [0.2, 0.25) is 5.95 Å². The molecule has 5 nitrogen and oxygen atoms in total. The van der Waals surface area contributed by atoms with Gasteiger partial charge in [-0.15, -0.1) is 0 Å². The molecule has 2 aliphatic rings. The predicted octanol–water partition coefficient (Wildman–Crippen LogP) is 0.186. The smallest absolute Gasteiger partial charge is 0.255 e. The van der Waals surface area contributed by atoms with Crippen molar-refractivity contribution >= 4 is 5.95 Å². The summed E-state index contributed by atoms with van der Waals surface area (Å²) in [7, 11) is 0. The highest BCUT2D eigenvalue weighted by molar-refractivity contribution is 5.35. The summed E-state index contributed by atoms with van der Waals surface area (Å²) in [6.45, 7) is 1.73. The fraction of sp³-hybridized carbons (Fsp3) is 0.667. The molecule has 1 atom stereocenters. The summed E-state index contributed by atoms with van der Waals surface area (Å²) in [5.41, 5.74) is 7.87. The van der Waals surface area contributed by atoms with Gasteiger partial charge in [-0.05, 0) is 32.1 Å². The number of nitrogens with zero attached hydrogens (tertiary/aromatic N) is 2. The molecule has 17 heavy (non-hydrogen) atoms. The number of rotatable bonds is 1. The van der Waals surface area contributed by atoms with E-state index >= 15 is 0 Å². The lowest BCUT2D eigenvalue weighted by Gasteiger charge is -2.31. The molecule has 1 aromatic rings. The summed E-state index contributed by atoms with van der Waals surface area (Å²) < 4.78 is 0. The Labute approximate surface area is 100 Å². The molecule has 1 aliphatic heterocycles. The molecule has 1 aromatic heterocycles. The van der Waals surface area contributed by atoms with E-state index in [1.807, 2.05) is 0 Å². The van der Waals surface area contributed by atoms with Crippen LogP contribution in [0, 0.1) is 0 Å². The monoisotopic (exact) mass is 234 g/mol.